The number of aryl methyl sites for hydroxylation is 1. The zero-order chi connectivity index (χ0) is 15.6. The number of nitrogens with two attached hydrogens (primary N) is 1. The lowest BCUT2D eigenvalue weighted by atomic mass is 9.95. The highest BCUT2D eigenvalue weighted by atomic mass is 16.4. The maximum atomic E-state index is 12.2. The molecule has 0 bridgehead atoms. The maximum absolute atomic E-state index is 12.2. The Balaban J connectivity index is 2.13. The van der Waals surface area contributed by atoms with Gasteiger partial charge in [0.15, 0.2) is 0 Å². The van der Waals surface area contributed by atoms with Crippen LogP contribution in [0.4, 0.5) is 5.69 Å². The lowest BCUT2D eigenvalue weighted by molar-refractivity contribution is -0.145. The van der Waals surface area contributed by atoms with Crippen LogP contribution < -0.4 is 11.1 Å². The van der Waals surface area contributed by atoms with Crippen molar-refractivity contribution in [2.45, 2.75) is 26.2 Å². The Labute approximate surface area is 122 Å². The van der Waals surface area contributed by atoms with Gasteiger partial charge < -0.3 is 16.2 Å². The van der Waals surface area contributed by atoms with Crippen LogP contribution >= 0.6 is 0 Å². The number of hydrogen-bond acceptors (Lipinski definition) is 3. The predicted molar refractivity (Wildman–Crippen MR) is 76.8 cm³/mol. The van der Waals surface area contributed by atoms with Crippen LogP contribution in [-0.4, -0.2) is 22.9 Å². The molecule has 6 heteroatoms. The minimum absolute atomic E-state index is 0.283. The summed E-state index contributed by atoms with van der Waals surface area (Å²) in [7, 11) is 0. The molecule has 0 aliphatic heterocycles. The standard InChI is InChI=1S/C15H18N2O4/c1-8-7-9(13(16)18)5-6-12(8)17-14(19)10-3-2-4-11(10)15(20)21/h5-7,10-11H,2-4H2,1H3,(H2,16,18)(H,17,19)(H,20,21)/t10-,11+/m1/s1. The molecular weight excluding hydrogens is 272 g/mol. The first-order chi connectivity index (χ1) is 9.90. The highest BCUT2D eigenvalue weighted by Gasteiger charge is 2.37. The molecule has 0 heterocycles. The van der Waals surface area contributed by atoms with Crippen LogP contribution in [0.1, 0.15) is 35.2 Å². The molecule has 2 amide bonds. The van der Waals surface area contributed by atoms with E-state index in [1.54, 1.807) is 19.1 Å². The minimum Gasteiger partial charge on any atom is -0.481 e. The Morgan fingerprint density at radius 2 is 1.90 bits per heavy atom. The molecule has 0 saturated heterocycles. The predicted octanol–water partition coefficient (Wildman–Crippen LogP) is 1.53. The quantitative estimate of drug-likeness (QED) is 0.781. The van der Waals surface area contributed by atoms with E-state index in [1.165, 1.54) is 6.07 Å². The molecule has 112 valence electrons. The van der Waals surface area contributed by atoms with E-state index in [4.69, 9.17) is 10.8 Å². The molecule has 6 nitrogen and oxygen atoms in total. The topological polar surface area (TPSA) is 109 Å². The molecular formula is C15H18N2O4. The molecule has 0 radical (unpaired) electrons. The van der Waals surface area contributed by atoms with Gasteiger partial charge in [0.25, 0.3) is 0 Å². The summed E-state index contributed by atoms with van der Waals surface area (Å²) in [6.45, 7) is 1.76. The summed E-state index contributed by atoms with van der Waals surface area (Å²) in [5, 5.41) is 11.9. The van der Waals surface area contributed by atoms with Crippen molar-refractivity contribution in [3.63, 3.8) is 0 Å². The van der Waals surface area contributed by atoms with Gasteiger partial charge in [0.2, 0.25) is 11.8 Å². The number of hydrogen-bond donors (Lipinski definition) is 3. The lowest BCUT2D eigenvalue weighted by Crippen LogP contribution is -2.30. The number of amides is 2. The van der Waals surface area contributed by atoms with E-state index in [0.717, 1.165) is 6.42 Å². The summed E-state index contributed by atoms with van der Waals surface area (Å²) in [6.07, 6.45) is 1.86. The zero-order valence-electron chi connectivity index (χ0n) is 11.8. The molecule has 4 N–H and O–H groups in total. The molecule has 2 atom stereocenters. The number of carbonyl (C=O) groups is 3. The second-order valence-corrected chi connectivity index (χ2v) is 5.37. The van der Waals surface area contributed by atoms with Gasteiger partial charge in [0.1, 0.15) is 0 Å². The average molecular weight is 290 g/mol. The fourth-order valence-corrected chi connectivity index (χ4v) is 2.75. The number of benzene rings is 1. The molecule has 1 aliphatic carbocycles. The Hall–Kier alpha value is -2.37. The summed E-state index contributed by atoms with van der Waals surface area (Å²) in [4.78, 5) is 34.4. The maximum Gasteiger partial charge on any atom is 0.307 e. The van der Waals surface area contributed by atoms with Crippen LogP contribution in [0.15, 0.2) is 18.2 Å². The number of anilines is 1. The van der Waals surface area contributed by atoms with Crippen molar-refractivity contribution in [2.75, 3.05) is 5.32 Å². The number of carbonyl (C=O) groups excluding carboxylic acids is 2. The summed E-state index contributed by atoms with van der Waals surface area (Å²) < 4.78 is 0. The fraction of sp³-hybridized carbons (Fsp3) is 0.400. The molecule has 1 saturated carbocycles. The largest absolute Gasteiger partial charge is 0.481 e. The Morgan fingerprint density at radius 3 is 2.48 bits per heavy atom. The molecule has 1 fully saturated rings. The van der Waals surface area contributed by atoms with Gasteiger partial charge in [0.05, 0.1) is 11.8 Å². The first kappa shape index (κ1) is 15.0. The van der Waals surface area contributed by atoms with Gasteiger partial charge in [-0.05, 0) is 43.5 Å². The summed E-state index contributed by atoms with van der Waals surface area (Å²) in [6, 6.07) is 4.74. The van der Waals surface area contributed by atoms with Gasteiger partial charge in [-0.15, -0.1) is 0 Å². The van der Waals surface area contributed by atoms with E-state index in [1.807, 2.05) is 0 Å². The van der Waals surface area contributed by atoms with Gasteiger partial charge in [-0.25, -0.2) is 0 Å². The molecule has 0 spiro atoms. The Kier molecular flexibility index (Phi) is 4.26. The monoisotopic (exact) mass is 290 g/mol. The number of aliphatic carboxylic acids is 1. The van der Waals surface area contributed by atoms with Gasteiger partial charge >= 0.3 is 5.97 Å². The minimum atomic E-state index is -0.923. The Morgan fingerprint density at radius 1 is 1.24 bits per heavy atom. The summed E-state index contributed by atoms with van der Waals surface area (Å²) >= 11 is 0. The van der Waals surface area contributed by atoms with Gasteiger partial charge in [-0.1, -0.05) is 6.42 Å². The van der Waals surface area contributed by atoms with Gasteiger partial charge in [-0.2, -0.15) is 0 Å². The lowest BCUT2D eigenvalue weighted by Gasteiger charge is -2.16. The van der Waals surface area contributed by atoms with E-state index in [9.17, 15) is 14.4 Å². The number of primary amides is 1. The molecule has 1 aliphatic rings. The third-order valence-electron chi connectivity index (χ3n) is 3.94. The van der Waals surface area contributed by atoms with Gasteiger partial charge in [0, 0.05) is 11.3 Å². The highest BCUT2D eigenvalue weighted by Crippen LogP contribution is 2.33. The van der Waals surface area contributed by atoms with Crippen LogP contribution in [0.2, 0.25) is 0 Å². The van der Waals surface area contributed by atoms with Crippen LogP contribution in [-0.2, 0) is 9.59 Å². The van der Waals surface area contributed by atoms with E-state index >= 15 is 0 Å². The molecule has 0 unspecified atom stereocenters. The van der Waals surface area contributed by atoms with Crippen molar-refractivity contribution in [3.8, 4) is 0 Å². The van der Waals surface area contributed by atoms with Crippen molar-refractivity contribution < 1.29 is 19.5 Å². The second kappa shape index (κ2) is 5.95. The smallest absolute Gasteiger partial charge is 0.307 e. The highest BCUT2D eigenvalue weighted by molar-refractivity contribution is 5.97. The van der Waals surface area contributed by atoms with E-state index < -0.39 is 23.7 Å². The SMILES string of the molecule is Cc1cc(C(N)=O)ccc1NC(=O)[C@@H]1CCC[C@@H]1C(=O)O. The third kappa shape index (κ3) is 3.21. The van der Waals surface area contributed by atoms with Gasteiger partial charge in [-0.3, -0.25) is 14.4 Å². The summed E-state index contributed by atoms with van der Waals surface area (Å²) in [5.74, 6) is -2.85. The average Bonchev–Trinajstić information content (AvgIpc) is 2.90. The van der Waals surface area contributed by atoms with Crippen molar-refractivity contribution in [2.24, 2.45) is 17.6 Å². The van der Waals surface area contributed by atoms with Crippen LogP contribution in [0.3, 0.4) is 0 Å². The zero-order valence-corrected chi connectivity index (χ0v) is 11.8. The molecule has 1 aromatic rings. The van der Waals surface area contributed by atoms with E-state index in [2.05, 4.69) is 5.32 Å². The first-order valence-corrected chi connectivity index (χ1v) is 6.84. The van der Waals surface area contributed by atoms with Crippen molar-refractivity contribution >= 4 is 23.5 Å². The molecule has 1 aromatic carbocycles. The van der Waals surface area contributed by atoms with Crippen LogP contribution in [0, 0.1) is 18.8 Å². The number of carboxylic acids is 1. The van der Waals surface area contributed by atoms with E-state index in [-0.39, 0.29) is 5.91 Å². The first-order valence-electron chi connectivity index (χ1n) is 6.84. The van der Waals surface area contributed by atoms with Crippen molar-refractivity contribution in [1.82, 2.24) is 0 Å². The molecule has 0 aromatic heterocycles. The number of rotatable bonds is 4. The van der Waals surface area contributed by atoms with E-state index in [0.29, 0.717) is 29.7 Å². The number of nitrogens with one attached hydrogen (secondary N) is 1. The molecule has 2 rings (SSSR count). The van der Waals surface area contributed by atoms with Crippen LogP contribution in [0.5, 0.6) is 0 Å². The summed E-state index contributed by atoms with van der Waals surface area (Å²) in [5.41, 5.74) is 6.85. The second-order valence-electron chi connectivity index (χ2n) is 5.37. The van der Waals surface area contributed by atoms with Crippen LogP contribution in [0.25, 0.3) is 0 Å². The van der Waals surface area contributed by atoms with Crippen molar-refractivity contribution in [1.29, 1.82) is 0 Å². The van der Waals surface area contributed by atoms with Crippen molar-refractivity contribution in [3.05, 3.63) is 29.3 Å². The fourth-order valence-electron chi connectivity index (χ4n) is 2.75. The third-order valence-corrected chi connectivity index (χ3v) is 3.94. The Bertz CT molecular complexity index is 597. The number of carboxylic acid groups (broad SMARTS) is 1. The normalized spacial score (nSPS) is 21.0. The molecule has 21 heavy (non-hydrogen) atoms.